The van der Waals surface area contributed by atoms with Gasteiger partial charge in [-0.3, -0.25) is 4.79 Å². The Balaban J connectivity index is 2.58. The van der Waals surface area contributed by atoms with E-state index in [1.165, 1.54) is 6.07 Å². The molecule has 0 fully saturated rings. The fraction of sp³-hybridized carbons (Fsp3) is 0.300. The highest BCUT2D eigenvalue weighted by Gasteiger charge is 2.18. The lowest BCUT2D eigenvalue weighted by atomic mass is 9.90. The summed E-state index contributed by atoms with van der Waals surface area (Å²) in [6.07, 6.45) is 2.35. The van der Waals surface area contributed by atoms with Crippen LogP contribution < -0.4 is 5.73 Å². The third kappa shape index (κ3) is 1.26. The third-order valence-corrected chi connectivity index (χ3v) is 2.40. The van der Waals surface area contributed by atoms with E-state index < -0.39 is 0 Å². The number of aromatic hydroxyl groups is 1. The Morgan fingerprint density at radius 2 is 2.08 bits per heavy atom. The lowest BCUT2D eigenvalue weighted by molar-refractivity contribution is 0.0972. The number of carbonyl (C=O) groups excluding carboxylic acids is 1. The molecule has 1 aliphatic carbocycles. The van der Waals surface area contributed by atoms with Crippen molar-refractivity contribution in [2.75, 3.05) is 5.73 Å². The number of fused-ring (bicyclic) bond motifs is 1. The summed E-state index contributed by atoms with van der Waals surface area (Å²) in [6.45, 7) is 0. The molecule has 68 valence electrons. The molecule has 0 aliphatic heterocycles. The standard InChI is InChI=1S/C10H11NO2/c11-8-4-6-2-1-3-9(12)7(6)5-10(8)13/h4-5,13H,1-3,11H2. The second kappa shape index (κ2) is 2.76. The molecule has 2 rings (SSSR count). The number of nitrogen functional groups attached to an aromatic ring is 1. The summed E-state index contributed by atoms with van der Waals surface area (Å²) in [5, 5.41) is 9.32. The minimum absolute atomic E-state index is 0.00833. The van der Waals surface area contributed by atoms with Crippen LogP contribution in [-0.2, 0) is 6.42 Å². The number of anilines is 1. The molecule has 13 heavy (non-hydrogen) atoms. The van der Waals surface area contributed by atoms with Gasteiger partial charge in [-0.25, -0.2) is 0 Å². The topological polar surface area (TPSA) is 63.3 Å². The fourth-order valence-corrected chi connectivity index (χ4v) is 1.69. The van der Waals surface area contributed by atoms with Gasteiger partial charge < -0.3 is 10.8 Å². The van der Waals surface area contributed by atoms with Gasteiger partial charge in [0.2, 0.25) is 0 Å². The second-order valence-corrected chi connectivity index (χ2v) is 3.34. The molecule has 0 atom stereocenters. The van der Waals surface area contributed by atoms with Crippen LogP contribution in [0.3, 0.4) is 0 Å². The molecule has 1 aliphatic rings. The maximum Gasteiger partial charge on any atom is 0.163 e. The van der Waals surface area contributed by atoms with Gasteiger partial charge >= 0.3 is 0 Å². The van der Waals surface area contributed by atoms with Crippen molar-refractivity contribution in [2.24, 2.45) is 0 Å². The quantitative estimate of drug-likeness (QED) is 0.466. The van der Waals surface area contributed by atoms with Crippen LogP contribution in [0, 0.1) is 0 Å². The van der Waals surface area contributed by atoms with E-state index in [4.69, 9.17) is 5.73 Å². The maximum absolute atomic E-state index is 11.4. The van der Waals surface area contributed by atoms with E-state index in [0.29, 0.717) is 17.7 Å². The number of aryl methyl sites for hydroxylation is 1. The highest BCUT2D eigenvalue weighted by atomic mass is 16.3. The first kappa shape index (κ1) is 8.10. The minimum Gasteiger partial charge on any atom is -0.506 e. The normalized spacial score (nSPS) is 15.5. The number of hydrogen-bond acceptors (Lipinski definition) is 3. The van der Waals surface area contributed by atoms with Gasteiger partial charge in [-0.2, -0.15) is 0 Å². The zero-order valence-corrected chi connectivity index (χ0v) is 7.21. The van der Waals surface area contributed by atoms with Crippen molar-refractivity contribution in [2.45, 2.75) is 19.3 Å². The summed E-state index contributed by atoms with van der Waals surface area (Å²) >= 11 is 0. The average Bonchev–Trinajstić information content (AvgIpc) is 2.09. The van der Waals surface area contributed by atoms with Gasteiger partial charge in [-0.1, -0.05) is 0 Å². The molecule has 3 N–H and O–H groups in total. The van der Waals surface area contributed by atoms with E-state index in [1.54, 1.807) is 6.07 Å². The van der Waals surface area contributed by atoms with Gasteiger partial charge in [0.15, 0.2) is 5.78 Å². The van der Waals surface area contributed by atoms with Crippen LogP contribution in [0.15, 0.2) is 12.1 Å². The van der Waals surface area contributed by atoms with Crippen molar-refractivity contribution in [3.63, 3.8) is 0 Å². The van der Waals surface area contributed by atoms with Crippen molar-refractivity contribution in [3.8, 4) is 5.75 Å². The molecular weight excluding hydrogens is 166 g/mol. The largest absolute Gasteiger partial charge is 0.506 e. The number of nitrogens with two attached hydrogens (primary N) is 1. The number of benzene rings is 1. The zero-order chi connectivity index (χ0) is 9.42. The second-order valence-electron chi connectivity index (χ2n) is 3.34. The molecule has 0 saturated carbocycles. The predicted octanol–water partition coefficient (Wildman–Crippen LogP) is 1.49. The van der Waals surface area contributed by atoms with Gasteiger partial charge in [0.25, 0.3) is 0 Å². The number of phenolic OH excluding ortho intramolecular Hbond substituents is 1. The summed E-state index contributed by atoms with van der Waals surface area (Å²) in [5.74, 6) is 0.116. The summed E-state index contributed by atoms with van der Waals surface area (Å²) in [4.78, 5) is 11.4. The van der Waals surface area contributed by atoms with Gasteiger partial charge in [0.05, 0.1) is 5.69 Å². The van der Waals surface area contributed by atoms with Gasteiger partial charge in [-0.05, 0) is 30.5 Å². The summed E-state index contributed by atoms with van der Waals surface area (Å²) in [7, 11) is 0. The van der Waals surface area contributed by atoms with Gasteiger partial charge in [0, 0.05) is 12.0 Å². The highest BCUT2D eigenvalue weighted by molar-refractivity contribution is 5.99. The van der Waals surface area contributed by atoms with Crippen LogP contribution in [-0.4, -0.2) is 10.9 Å². The number of rotatable bonds is 0. The smallest absolute Gasteiger partial charge is 0.163 e. The predicted molar refractivity (Wildman–Crippen MR) is 49.8 cm³/mol. The molecule has 0 unspecified atom stereocenters. The fourth-order valence-electron chi connectivity index (χ4n) is 1.69. The van der Waals surface area contributed by atoms with E-state index in [0.717, 1.165) is 18.4 Å². The zero-order valence-electron chi connectivity index (χ0n) is 7.21. The summed E-state index contributed by atoms with van der Waals surface area (Å²) < 4.78 is 0. The molecule has 0 bridgehead atoms. The molecule has 0 radical (unpaired) electrons. The first-order chi connectivity index (χ1) is 6.18. The average molecular weight is 177 g/mol. The Labute approximate surface area is 76.2 Å². The molecule has 0 saturated heterocycles. The highest BCUT2D eigenvalue weighted by Crippen LogP contribution is 2.29. The van der Waals surface area contributed by atoms with Crippen molar-refractivity contribution in [1.29, 1.82) is 0 Å². The van der Waals surface area contributed by atoms with E-state index in [9.17, 15) is 9.90 Å². The van der Waals surface area contributed by atoms with E-state index in [-0.39, 0.29) is 11.5 Å². The van der Waals surface area contributed by atoms with Crippen LogP contribution in [0.5, 0.6) is 5.75 Å². The monoisotopic (exact) mass is 177 g/mol. The lowest BCUT2D eigenvalue weighted by Crippen LogP contribution is -2.10. The summed E-state index contributed by atoms with van der Waals surface area (Å²) in [5.41, 5.74) is 7.48. The SMILES string of the molecule is Nc1cc2c(cc1O)C(=O)CCC2. The van der Waals surface area contributed by atoms with E-state index in [2.05, 4.69) is 0 Å². The minimum atomic E-state index is 0.00833. The molecule has 0 heterocycles. The first-order valence-electron chi connectivity index (χ1n) is 4.33. The molecule has 0 amide bonds. The van der Waals surface area contributed by atoms with Gasteiger partial charge in [-0.15, -0.1) is 0 Å². The van der Waals surface area contributed by atoms with Crippen molar-refractivity contribution < 1.29 is 9.90 Å². The molecular formula is C10H11NO2. The molecule has 3 heteroatoms. The Hall–Kier alpha value is -1.51. The third-order valence-electron chi connectivity index (χ3n) is 2.40. The molecule has 1 aromatic rings. The van der Waals surface area contributed by atoms with Crippen LogP contribution in [0.4, 0.5) is 5.69 Å². The van der Waals surface area contributed by atoms with Crippen LogP contribution in [0.1, 0.15) is 28.8 Å². The summed E-state index contributed by atoms with van der Waals surface area (Å²) in [6, 6.07) is 3.17. The number of ketones is 1. The van der Waals surface area contributed by atoms with Crippen molar-refractivity contribution >= 4 is 11.5 Å². The lowest BCUT2D eigenvalue weighted by Gasteiger charge is -2.15. The van der Waals surface area contributed by atoms with Crippen molar-refractivity contribution in [3.05, 3.63) is 23.3 Å². The van der Waals surface area contributed by atoms with E-state index in [1.807, 2.05) is 0 Å². The Morgan fingerprint density at radius 1 is 1.31 bits per heavy atom. The number of carbonyl (C=O) groups is 1. The maximum atomic E-state index is 11.4. The Morgan fingerprint density at radius 3 is 2.85 bits per heavy atom. The molecule has 1 aromatic carbocycles. The molecule has 0 aromatic heterocycles. The van der Waals surface area contributed by atoms with Gasteiger partial charge in [0.1, 0.15) is 5.75 Å². The number of Topliss-reactive ketones (excluding diaryl/α,β-unsaturated/α-hetero) is 1. The van der Waals surface area contributed by atoms with E-state index >= 15 is 0 Å². The van der Waals surface area contributed by atoms with Crippen LogP contribution >= 0.6 is 0 Å². The number of phenols is 1. The van der Waals surface area contributed by atoms with Crippen LogP contribution in [0.2, 0.25) is 0 Å². The van der Waals surface area contributed by atoms with Crippen molar-refractivity contribution in [1.82, 2.24) is 0 Å². The number of hydrogen-bond donors (Lipinski definition) is 2. The molecule has 3 nitrogen and oxygen atoms in total. The Bertz CT molecular complexity index is 371. The molecule has 0 spiro atoms. The van der Waals surface area contributed by atoms with Crippen LogP contribution in [0.25, 0.3) is 0 Å². The Kier molecular flexibility index (Phi) is 1.72. The first-order valence-corrected chi connectivity index (χ1v) is 4.33.